The number of halogens is 1. The number of piperazine rings is 1. The monoisotopic (exact) mass is 358 g/mol. The molecular weight excluding hydrogens is 340 g/mol. The molecule has 2 saturated heterocycles. The summed E-state index contributed by atoms with van der Waals surface area (Å²) < 4.78 is 29.3. The number of rotatable bonds is 2. The fourth-order valence-electron chi connectivity index (χ4n) is 3.37. The first-order valence-corrected chi connectivity index (χ1v) is 9.57. The number of fused-ring (bicyclic) bond motifs is 1. The first kappa shape index (κ1) is 16.5. The van der Waals surface area contributed by atoms with Crippen molar-refractivity contribution in [1.29, 1.82) is 0 Å². The van der Waals surface area contributed by atoms with Crippen LogP contribution in [-0.2, 0) is 9.84 Å². The minimum absolute atomic E-state index is 0.0175. The van der Waals surface area contributed by atoms with Crippen LogP contribution in [0.25, 0.3) is 0 Å². The number of ether oxygens (including phenoxy) is 1. The highest BCUT2D eigenvalue weighted by atomic mass is 35.5. The van der Waals surface area contributed by atoms with Gasteiger partial charge in [0.25, 0.3) is 5.91 Å². The average molecular weight is 359 g/mol. The van der Waals surface area contributed by atoms with Gasteiger partial charge >= 0.3 is 0 Å². The molecule has 1 aromatic rings. The number of sulfone groups is 1. The molecule has 2 aliphatic heterocycles. The summed E-state index contributed by atoms with van der Waals surface area (Å²) in [5.74, 6) is 0.317. The summed E-state index contributed by atoms with van der Waals surface area (Å²) >= 11 is 5.94. The van der Waals surface area contributed by atoms with Gasteiger partial charge in [-0.05, 0) is 25.2 Å². The van der Waals surface area contributed by atoms with Crippen molar-refractivity contribution in [2.24, 2.45) is 0 Å². The number of benzene rings is 1. The Morgan fingerprint density at radius 2 is 1.96 bits per heavy atom. The molecule has 0 aromatic heterocycles. The van der Waals surface area contributed by atoms with Gasteiger partial charge < -0.3 is 9.64 Å². The van der Waals surface area contributed by atoms with Crippen LogP contribution in [0.1, 0.15) is 10.4 Å². The molecular formula is C15H19ClN2O4S. The average Bonchev–Trinajstić information content (AvgIpc) is 2.83. The van der Waals surface area contributed by atoms with Crippen LogP contribution in [0.15, 0.2) is 18.2 Å². The van der Waals surface area contributed by atoms with Gasteiger partial charge in [0.05, 0.1) is 30.2 Å². The highest BCUT2D eigenvalue weighted by molar-refractivity contribution is 7.91. The van der Waals surface area contributed by atoms with Crippen LogP contribution < -0.4 is 4.74 Å². The lowest BCUT2D eigenvalue weighted by Gasteiger charge is -2.42. The molecule has 6 nitrogen and oxygen atoms in total. The lowest BCUT2D eigenvalue weighted by molar-refractivity contribution is 0.0407. The van der Waals surface area contributed by atoms with E-state index in [1.807, 2.05) is 11.9 Å². The van der Waals surface area contributed by atoms with Crippen molar-refractivity contribution in [3.63, 3.8) is 0 Å². The largest absolute Gasteiger partial charge is 0.496 e. The molecule has 23 heavy (non-hydrogen) atoms. The van der Waals surface area contributed by atoms with Gasteiger partial charge in [0.1, 0.15) is 5.75 Å². The number of hydrogen-bond acceptors (Lipinski definition) is 5. The number of nitrogens with zero attached hydrogens (tertiary/aromatic N) is 2. The molecule has 8 heteroatoms. The SMILES string of the molecule is COc1cc(Cl)ccc1C(=O)N1CCN(C)[C@@H]2CS(=O)(=O)C[C@@H]21. The number of likely N-dealkylation sites (N-methyl/N-ethyl adjacent to an activating group) is 1. The Hall–Kier alpha value is -1.31. The minimum Gasteiger partial charge on any atom is -0.496 e. The molecule has 126 valence electrons. The summed E-state index contributed by atoms with van der Waals surface area (Å²) in [6.07, 6.45) is 0. The fraction of sp³-hybridized carbons (Fsp3) is 0.533. The van der Waals surface area contributed by atoms with Crippen LogP contribution in [0.4, 0.5) is 0 Å². The van der Waals surface area contributed by atoms with Gasteiger partial charge in [0.15, 0.2) is 9.84 Å². The number of hydrogen-bond donors (Lipinski definition) is 0. The Kier molecular flexibility index (Phi) is 4.29. The van der Waals surface area contributed by atoms with Gasteiger partial charge in [-0.3, -0.25) is 9.69 Å². The molecule has 1 amide bonds. The second-order valence-corrected chi connectivity index (χ2v) is 8.63. The minimum atomic E-state index is -3.12. The Morgan fingerprint density at radius 1 is 1.26 bits per heavy atom. The molecule has 1 aromatic carbocycles. The van der Waals surface area contributed by atoms with Crippen molar-refractivity contribution < 1.29 is 17.9 Å². The van der Waals surface area contributed by atoms with Crippen molar-refractivity contribution in [3.8, 4) is 5.75 Å². The zero-order valence-electron chi connectivity index (χ0n) is 13.0. The van der Waals surface area contributed by atoms with E-state index in [0.717, 1.165) is 0 Å². The topological polar surface area (TPSA) is 66.9 Å². The summed E-state index contributed by atoms with van der Waals surface area (Å²) in [5.41, 5.74) is 0.407. The number of carbonyl (C=O) groups is 1. The van der Waals surface area contributed by atoms with Gasteiger partial charge in [-0.1, -0.05) is 11.6 Å². The first-order valence-electron chi connectivity index (χ1n) is 7.37. The molecule has 2 fully saturated rings. The Bertz CT molecular complexity index is 737. The first-order chi connectivity index (χ1) is 10.8. The molecule has 0 N–H and O–H groups in total. The maximum atomic E-state index is 12.9. The summed E-state index contributed by atoms with van der Waals surface area (Å²) in [6, 6.07) is 4.40. The zero-order valence-corrected chi connectivity index (χ0v) is 14.6. The third-order valence-electron chi connectivity index (χ3n) is 4.61. The normalized spacial score (nSPS) is 26.8. The van der Waals surface area contributed by atoms with E-state index in [1.165, 1.54) is 7.11 Å². The molecule has 0 aliphatic carbocycles. The highest BCUT2D eigenvalue weighted by Gasteiger charge is 2.47. The standard InChI is InChI=1S/C15H19ClN2O4S/c1-17-5-6-18(13-9-23(20,21)8-12(13)17)15(19)11-4-3-10(16)7-14(11)22-2/h3-4,7,12-13H,5-6,8-9H2,1-2H3/t12-,13+/m1/s1. The predicted molar refractivity (Wildman–Crippen MR) is 87.9 cm³/mol. The maximum absolute atomic E-state index is 12.9. The van der Waals surface area contributed by atoms with E-state index in [1.54, 1.807) is 23.1 Å². The van der Waals surface area contributed by atoms with E-state index in [0.29, 0.717) is 29.4 Å². The quantitative estimate of drug-likeness (QED) is 0.786. The molecule has 0 spiro atoms. The third kappa shape index (κ3) is 3.05. The fourth-order valence-corrected chi connectivity index (χ4v) is 5.59. The van der Waals surface area contributed by atoms with Crippen molar-refractivity contribution >= 4 is 27.3 Å². The lowest BCUT2D eigenvalue weighted by atomic mass is 10.0. The van der Waals surface area contributed by atoms with Gasteiger partial charge in [-0.25, -0.2) is 8.42 Å². The third-order valence-corrected chi connectivity index (χ3v) is 6.54. The Balaban J connectivity index is 1.93. The van der Waals surface area contributed by atoms with Gasteiger partial charge in [0.2, 0.25) is 0 Å². The van der Waals surface area contributed by atoms with Gasteiger partial charge in [0, 0.05) is 24.2 Å². The molecule has 2 aliphatic rings. The maximum Gasteiger partial charge on any atom is 0.257 e. The van der Waals surface area contributed by atoms with E-state index in [4.69, 9.17) is 16.3 Å². The molecule has 2 heterocycles. The summed E-state index contributed by atoms with van der Waals surface area (Å²) in [4.78, 5) is 16.6. The lowest BCUT2D eigenvalue weighted by Crippen LogP contribution is -2.59. The Morgan fingerprint density at radius 3 is 2.65 bits per heavy atom. The van der Waals surface area contributed by atoms with E-state index in [9.17, 15) is 13.2 Å². The van der Waals surface area contributed by atoms with Crippen LogP contribution in [0.2, 0.25) is 5.02 Å². The molecule has 0 saturated carbocycles. The van der Waals surface area contributed by atoms with Crippen molar-refractivity contribution in [2.45, 2.75) is 12.1 Å². The molecule has 3 rings (SSSR count). The van der Waals surface area contributed by atoms with Crippen LogP contribution in [0.3, 0.4) is 0 Å². The van der Waals surface area contributed by atoms with Crippen molar-refractivity contribution in [3.05, 3.63) is 28.8 Å². The number of carbonyl (C=O) groups excluding carboxylic acids is 1. The van der Waals surface area contributed by atoms with Crippen molar-refractivity contribution in [2.75, 3.05) is 38.8 Å². The number of methoxy groups -OCH3 is 1. The Labute approximate surface area is 140 Å². The van der Waals surface area contributed by atoms with E-state index < -0.39 is 9.84 Å². The smallest absolute Gasteiger partial charge is 0.257 e. The summed E-state index contributed by atoms with van der Waals surface area (Å²) in [5, 5.41) is 0.484. The molecule has 0 unspecified atom stereocenters. The second kappa shape index (κ2) is 5.96. The number of amides is 1. The van der Waals surface area contributed by atoms with Crippen LogP contribution in [0.5, 0.6) is 5.75 Å². The predicted octanol–water partition coefficient (Wildman–Crippen LogP) is 0.902. The zero-order chi connectivity index (χ0) is 16.8. The highest BCUT2D eigenvalue weighted by Crippen LogP contribution is 2.30. The molecule has 2 atom stereocenters. The van der Waals surface area contributed by atoms with Gasteiger partial charge in [-0.15, -0.1) is 0 Å². The van der Waals surface area contributed by atoms with Crippen molar-refractivity contribution in [1.82, 2.24) is 9.80 Å². The van der Waals surface area contributed by atoms with E-state index in [-0.39, 0.29) is 29.5 Å². The van der Waals surface area contributed by atoms with Gasteiger partial charge in [-0.2, -0.15) is 0 Å². The second-order valence-electron chi connectivity index (χ2n) is 6.04. The molecule has 0 bridgehead atoms. The summed E-state index contributed by atoms with van der Waals surface area (Å²) in [7, 11) is 0.267. The van der Waals surface area contributed by atoms with Crippen LogP contribution in [-0.4, -0.2) is 75.0 Å². The van der Waals surface area contributed by atoms with Crippen LogP contribution in [0, 0.1) is 0 Å². The van der Waals surface area contributed by atoms with E-state index >= 15 is 0 Å². The van der Waals surface area contributed by atoms with E-state index in [2.05, 4.69) is 0 Å². The molecule has 0 radical (unpaired) electrons. The van der Waals surface area contributed by atoms with Crippen LogP contribution >= 0.6 is 11.6 Å². The summed E-state index contributed by atoms with van der Waals surface area (Å²) in [6.45, 7) is 1.15.